The molecule has 0 amide bonds. The third kappa shape index (κ3) is 6.18. The van der Waals surface area contributed by atoms with Crippen LogP contribution in [0.4, 0.5) is 0 Å². The molecule has 3 rings (SSSR count). The zero-order valence-electron chi connectivity index (χ0n) is 19.8. The van der Waals surface area contributed by atoms with Gasteiger partial charge in [0.25, 0.3) is 5.56 Å². The van der Waals surface area contributed by atoms with Gasteiger partial charge >= 0.3 is 0 Å². The molecule has 0 saturated carbocycles. The maximum atomic E-state index is 13.4. The molecule has 0 spiro atoms. The van der Waals surface area contributed by atoms with Crippen LogP contribution in [0.15, 0.2) is 64.8 Å². The summed E-state index contributed by atoms with van der Waals surface area (Å²) in [4.78, 5) is 18.0. The summed E-state index contributed by atoms with van der Waals surface area (Å²) in [6, 6.07) is 15.6. The molecule has 0 aliphatic rings. The normalized spacial score (nSPS) is 13.2. The zero-order chi connectivity index (χ0) is 24.6. The largest absolute Gasteiger partial charge is 0.385 e. The third-order valence-corrected chi connectivity index (χ3v) is 7.13. The fraction of sp³-hybridized carbons (Fsp3) is 0.360. The Morgan fingerprint density at radius 1 is 1.03 bits per heavy atom. The molecule has 34 heavy (non-hydrogen) atoms. The van der Waals surface area contributed by atoms with Crippen LogP contribution >= 0.6 is 0 Å². The van der Waals surface area contributed by atoms with Crippen molar-refractivity contribution < 1.29 is 17.9 Å². The van der Waals surface area contributed by atoms with Gasteiger partial charge in [-0.25, -0.2) is 13.4 Å². The molecule has 2 aromatic carbocycles. The number of benzene rings is 2. The van der Waals surface area contributed by atoms with E-state index >= 15 is 0 Å². The minimum absolute atomic E-state index is 0.212. The maximum Gasteiger partial charge on any atom is 0.261 e. The van der Waals surface area contributed by atoms with Gasteiger partial charge in [-0.15, -0.1) is 0 Å². The van der Waals surface area contributed by atoms with Crippen molar-refractivity contribution in [2.45, 2.75) is 25.9 Å². The highest BCUT2D eigenvalue weighted by Crippen LogP contribution is 2.25. The first-order valence-electron chi connectivity index (χ1n) is 11.1. The van der Waals surface area contributed by atoms with Gasteiger partial charge in [0.1, 0.15) is 5.82 Å². The molecule has 1 aromatic heterocycles. The van der Waals surface area contributed by atoms with Crippen LogP contribution in [0.2, 0.25) is 0 Å². The minimum Gasteiger partial charge on any atom is -0.385 e. The number of hydrogen-bond donors (Lipinski definition) is 0. The lowest BCUT2D eigenvalue weighted by Gasteiger charge is -2.28. The average Bonchev–Trinajstić information content (AvgIpc) is 2.85. The lowest BCUT2D eigenvalue weighted by atomic mass is 10.2. The number of aromatic nitrogens is 2. The lowest BCUT2D eigenvalue weighted by molar-refractivity contribution is 0.176. The quantitative estimate of drug-likeness (QED) is 0.365. The highest BCUT2D eigenvalue weighted by Gasteiger charge is 2.29. The summed E-state index contributed by atoms with van der Waals surface area (Å²) in [6.07, 6.45) is 2.06. The number of fused-ring (bicyclic) bond motifs is 1. The monoisotopic (exact) mass is 485 g/mol. The van der Waals surface area contributed by atoms with E-state index in [2.05, 4.69) is 0 Å². The van der Waals surface area contributed by atoms with Crippen LogP contribution in [0.3, 0.4) is 0 Å². The highest BCUT2D eigenvalue weighted by molar-refractivity contribution is 7.92. The maximum absolute atomic E-state index is 13.4. The van der Waals surface area contributed by atoms with E-state index in [4.69, 9.17) is 14.5 Å². The summed E-state index contributed by atoms with van der Waals surface area (Å²) in [5, 5.41) is 1.68. The molecule has 0 fully saturated rings. The van der Waals surface area contributed by atoms with E-state index in [0.717, 1.165) is 5.56 Å². The van der Waals surface area contributed by atoms with Crippen LogP contribution in [0.5, 0.6) is 0 Å². The Labute approximate surface area is 200 Å². The van der Waals surface area contributed by atoms with Crippen molar-refractivity contribution in [3.63, 3.8) is 0 Å². The predicted octanol–water partition coefficient (Wildman–Crippen LogP) is 3.44. The van der Waals surface area contributed by atoms with E-state index in [1.807, 2.05) is 30.3 Å². The molecule has 182 valence electrons. The van der Waals surface area contributed by atoms with E-state index in [0.29, 0.717) is 36.4 Å². The van der Waals surface area contributed by atoms with Crippen LogP contribution in [0, 0.1) is 0 Å². The van der Waals surface area contributed by atoms with Gasteiger partial charge in [0.15, 0.2) is 0 Å². The summed E-state index contributed by atoms with van der Waals surface area (Å²) in [5.74, 6) is 0.370. The van der Waals surface area contributed by atoms with Crippen molar-refractivity contribution in [3.05, 3.63) is 81.7 Å². The number of rotatable bonds is 12. The number of hydrogen-bond acceptors (Lipinski definition) is 6. The molecule has 0 radical (unpaired) electrons. The first kappa shape index (κ1) is 25.8. The zero-order valence-corrected chi connectivity index (χ0v) is 20.6. The van der Waals surface area contributed by atoms with E-state index in [1.165, 1.54) is 14.3 Å². The van der Waals surface area contributed by atoms with Crippen LogP contribution in [0.25, 0.3) is 17.0 Å². The molecular weight excluding hydrogens is 454 g/mol. The molecule has 8 nitrogen and oxygen atoms in total. The molecule has 1 heterocycles. The van der Waals surface area contributed by atoms with Crippen LogP contribution < -0.4 is 5.56 Å². The Kier molecular flexibility index (Phi) is 9.12. The molecule has 9 heteroatoms. The summed E-state index contributed by atoms with van der Waals surface area (Å²) in [5.41, 5.74) is 1.08. The van der Waals surface area contributed by atoms with Crippen molar-refractivity contribution in [3.8, 4) is 0 Å². The van der Waals surface area contributed by atoms with E-state index in [1.54, 1.807) is 51.5 Å². The van der Waals surface area contributed by atoms with Gasteiger partial charge in [-0.05, 0) is 37.1 Å². The molecule has 0 aliphatic heterocycles. The number of nitrogens with zero attached hydrogens (tertiary/aromatic N) is 3. The van der Waals surface area contributed by atoms with Gasteiger partial charge in [0.05, 0.1) is 30.1 Å². The van der Waals surface area contributed by atoms with Gasteiger partial charge in [-0.2, -0.15) is 4.31 Å². The van der Waals surface area contributed by atoms with Crippen molar-refractivity contribution in [1.82, 2.24) is 13.9 Å². The summed E-state index contributed by atoms with van der Waals surface area (Å²) in [7, 11) is -0.713. The van der Waals surface area contributed by atoms with Gasteiger partial charge in [0, 0.05) is 32.8 Å². The highest BCUT2D eigenvalue weighted by atomic mass is 32.2. The van der Waals surface area contributed by atoms with Gasteiger partial charge in [0.2, 0.25) is 10.0 Å². The summed E-state index contributed by atoms with van der Waals surface area (Å²) >= 11 is 0. The Bertz CT molecular complexity index is 1270. The average molecular weight is 486 g/mol. The Morgan fingerprint density at radius 2 is 1.71 bits per heavy atom. The summed E-state index contributed by atoms with van der Waals surface area (Å²) in [6.45, 7) is 2.93. The SMILES string of the molecule is COCCCN(C(C)c1nc2ccccc2c(=O)n1CCOC)S(=O)(=O)/C=C/c1ccccc1. The number of para-hydroxylation sites is 1. The molecule has 0 aliphatic carbocycles. The van der Waals surface area contributed by atoms with Crippen molar-refractivity contribution in [2.75, 3.05) is 34.0 Å². The molecular formula is C25H31N3O5S. The second kappa shape index (κ2) is 12.0. The van der Waals surface area contributed by atoms with E-state index < -0.39 is 16.1 Å². The smallest absolute Gasteiger partial charge is 0.261 e. The van der Waals surface area contributed by atoms with Crippen LogP contribution in [0.1, 0.15) is 30.8 Å². The number of methoxy groups -OCH3 is 2. The van der Waals surface area contributed by atoms with Crippen LogP contribution in [-0.2, 0) is 26.0 Å². The Morgan fingerprint density at radius 3 is 2.41 bits per heavy atom. The Balaban J connectivity index is 2.07. The molecule has 1 unspecified atom stereocenters. The van der Waals surface area contributed by atoms with Crippen LogP contribution in [-0.4, -0.2) is 56.3 Å². The fourth-order valence-electron chi connectivity index (χ4n) is 3.74. The molecule has 1 atom stereocenters. The predicted molar refractivity (Wildman–Crippen MR) is 134 cm³/mol. The first-order valence-corrected chi connectivity index (χ1v) is 12.6. The summed E-state index contributed by atoms with van der Waals surface area (Å²) < 4.78 is 40.1. The molecule has 0 N–H and O–H groups in total. The minimum atomic E-state index is -3.84. The lowest BCUT2D eigenvalue weighted by Crippen LogP contribution is -2.38. The fourth-order valence-corrected chi connectivity index (χ4v) is 5.15. The first-order chi connectivity index (χ1) is 16.4. The third-order valence-electron chi connectivity index (χ3n) is 5.50. The number of ether oxygens (including phenoxy) is 2. The van der Waals surface area contributed by atoms with Crippen molar-refractivity contribution in [2.24, 2.45) is 0 Å². The topological polar surface area (TPSA) is 90.7 Å². The second-order valence-corrected chi connectivity index (χ2v) is 9.60. The standard InChI is InChI=1S/C25H31N3O5S/c1-20(24-26-23-13-8-7-12-22(23)25(29)27(24)16-18-33-3)28(15-9-17-32-2)34(30,31)19-14-21-10-5-4-6-11-21/h4-8,10-14,19-20H,9,15-18H2,1-3H3/b19-14+. The van der Waals surface area contributed by atoms with E-state index in [-0.39, 0.29) is 18.6 Å². The van der Waals surface area contributed by atoms with E-state index in [9.17, 15) is 13.2 Å². The number of sulfonamides is 1. The molecule has 0 saturated heterocycles. The van der Waals surface area contributed by atoms with Crippen molar-refractivity contribution >= 4 is 27.0 Å². The molecule has 0 bridgehead atoms. The second-order valence-electron chi connectivity index (χ2n) is 7.83. The van der Waals surface area contributed by atoms with Gasteiger partial charge < -0.3 is 9.47 Å². The van der Waals surface area contributed by atoms with Crippen molar-refractivity contribution in [1.29, 1.82) is 0 Å². The molecule has 3 aromatic rings. The Hall–Kier alpha value is -2.85. The van der Waals surface area contributed by atoms with Gasteiger partial charge in [-0.3, -0.25) is 9.36 Å². The van der Waals surface area contributed by atoms with Gasteiger partial charge in [-0.1, -0.05) is 42.5 Å².